The van der Waals surface area contributed by atoms with Gasteiger partial charge in [0.15, 0.2) is 0 Å². The Morgan fingerprint density at radius 2 is 1.84 bits per heavy atom. The number of amides is 1. The lowest BCUT2D eigenvalue weighted by Crippen LogP contribution is -2.36. The van der Waals surface area contributed by atoms with E-state index in [2.05, 4.69) is 42.6 Å². The predicted molar refractivity (Wildman–Crippen MR) is 167 cm³/mol. The van der Waals surface area contributed by atoms with Crippen molar-refractivity contribution in [3.05, 3.63) is 102 Å². The molecule has 1 amide bonds. The van der Waals surface area contributed by atoms with Crippen molar-refractivity contribution in [2.45, 2.75) is 77.2 Å². The monoisotopic (exact) mass is 582 g/mol. The van der Waals surface area contributed by atoms with E-state index in [1.54, 1.807) is 12.1 Å². The summed E-state index contributed by atoms with van der Waals surface area (Å²) in [6.07, 6.45) is 10.4. The second-order valence-corrected chi connectivity index (χ2v) is 11.8. The van der Waals surface area contributed by atoms with Crippen LogP contribution in [0.1, 0.15) is 86.5 Å². The third kappa shape index (κ3) is 7.98. The van der Waals surface area contributed by atoms with Crippen molar-refractivity contribution in [2.24, 2.45) is 5.92 Å². The maximum Gasteiger partial charge on any atom is 0.313 e. The van der Waals surface area contributed by atoms with Crippen molar-refractivity contribution < 1.29 is 23.5 Å². The fraction of sp³-hybridized carbons (Fsp3) is 0.361. The molecular formula is C36H39FN2O4. The molecule has 1 aliphatic heterocycles. The Kier molecular flexibility index (Phi) is 9.70. The smallest absolute Gasteiger partial charge is 0.313 e. The highest BCUT2D eigenvalue weighted by atomic mass is 19.1. The van der Waals surface area contributed by atoms with Crippen LogP contribution >= 0.6 is 0 Å². The van der Waals surface area contributed by atoms with Crippen LogP contribution in [0.25, 0.3) is 10.8 Å². The number of carbonyl (C=O) groups excluding carboxylic acids is 2. The van der Waals surface area contributed by atoms with Gasteiger partial charge in [-0.15, -0.1) is 0 Å². The molecule has 1 fully saturated rings. The van der Waals surface area contributed by atoms with Gasteiger partial charge in [-0.1, -0.05) is 76.5 Å². The summed E-state index contributed by atoms with van der Waals surface area (Å²) >= 11 is 0. The zero-order valence-electron chi connectivity index (χ0n) is 24.9. The molecule has 2 aliphatic rings. The number of halogens is 1. The molecule has 0 spiro atoms. The normalized spacial score (nSPS) is 20.6. The van der Waals surface area contributed by atoms with E-state index in [9.17, 15) is 14.0 Å². The predicted octanol–water partition coefficient (Wildman–Crippen LogP) is 8.63. The summed E-state index contributed by atoms with van der Waals surface area (Å²) in [7, 11) is 0. The molecule has 7 heteroatoms. The average molecular weight is 583 g/mol. The van der Waals surface area contributed by atoms with E-state index in [0.717, 1.165) is 58.9 Å². The Labute approximate surface area is 252 Å². The number of aromatic nitrogens is 1. The summed E-state index contributed by atoms with van der Waals surface area (Å²) < 4.78 is 24.7. The summed E-state index contributed by atoms with van der Waals surface area (Å²) in [6, 6.07) is 14.5. The highest BCUT2D eigenvalue weighted by Crippen LogP contribution is 2.33. The zero-order chi connectivity index (χ0) is 30.3. The molecule has 0 bridgehead atoms. The molecule has 1 saturated carbocycles. The fourth-order valence-electron chi connectivity index (χ4n) is 5.82. The highest BCUT2D eigenvalue weighted by Gasteiger charge is 2.23. The number of benzene rings is 2. The molecule has 0 saturated heterocycles. The van der Waals surface area contributed by atoms with Gasteiger partial charge in [0, 0.05) is 29.6 Å². The second-order valence-electron chi connectivity index (χ2n) is 11.8. The maximum atomic E-state index is 13.8. The van der Waals surface area contributed by atoms with Gasteiger partial charge in [0.05, 0.1) is 0 Å². The van der Waals surface area contributed by atoms with E-state index in [-0.39, 0.29) is 18.4 Å². The van der Waals surface area contributed by atoms with E-state index in [4.69, 9.17) is 9.72 Å². The summed E-state index contributed by atoms with van der Waals surface area (Å²) in [5, 5.41) is 4.95. The van der Waals surface area contributed by atoms with E-state index < -0.39 is 12.0 Å². The number of rotatable bonds is 8. The third-order valence-corrected chi connectivity index (χ3v) is 8.27. The number of pyridine rings is 1. The van der Waals surface area contributed by atoms with Crippen LogP contribution in [0.2, 0.25) is 0 Å². The van der Waals surface area contributed by atoms with E-state index >= 15 is 0 Å². The minimum atomic E-state index is -0.959. The van der Waals surface area contributed by atoms with Gasteiger partial charge in [-0.05, 0) is 78.0 Å². The van der Waals surface area contributed by atoms with Crippen molar-refractivity contribution >= 4 is 22.6 Å². The summed E-state index contributed by atoms with van der Waals surface area (Å²) in [5.41, 5.74) is 3.19. The first-order valence-electron chi connectivity index (χ1n) is 15.2. The van der Waals surface area contributed by atoms with Crippen LogP contribution in [-0.4, -0.2) is 22.9 Å². The number of cyclic esters (lactones) is 1. The van der Waals surface area contributed by atoms with Crippen molar-refractivity contribution in [1.29, 1.82) is 0 Å². The molecule has 1 aliphatic carbocycles. The molecule has 0 radical (unpaired) electrons. The minimum Gasteiger partial charge on any atom is -0.457 e. The average Bonchev–Trinajstić information content (AvgIpc) is 3.51. The second kappa shape index (κ2) is 13.8. The van der Waals surface area contributed by atoms with Gasteiger partial charge in [0.2, 0.25) is 0 Å². The van der Waals surface area contributed by atoms with E-state index in [1.165, 1.54) is 24.5 Å². The Morgan fingerprint density at radius 3 is 2.56 bits per heavy atom. The standard InChI is InChI=1S/C36H39FN2O4/c1-4-24-9-17-34(37)43-35(40)18-13-28(19-24)38-36(41)33-21-27-12-16-30(42-29-14-10-26(11-15-29)23(2)3)22-31(27)32(39-33)20-25-7-5-6-8-25/h4,9-12,14-17,21-23,25,28H,1,5-8,13,18-20H2,2-3H3,(H,38,41)/b24-9+,34-17-/t28-/m1/s1. The molecule has 6 nitrogen and oxygen atoms in total. The topological polar surface area (TPSA) is 77.5 Å². The molecular weight excluding hydrogens is 543 g/mol. The number of nitrogens with one attached hydrogen (secondary N) is 1. The van der Waals surface area contributed by atoms with Crippen LogP contribution in [0.3, 0.4) is 0 Å². The lowest BCUT2D eigenvalue weighted by atomic mass is 9.97. The molecule has 1 atom stereocenters. The van der Waals surface area contributed by atoms with Crippen LogP contribution < -0.4 is 10.1 Å². The summed E-state index contributed by atoms with van der Waals surface area (Å²) in [4.78, 5) is 30.5. The van der Waals surface area contributed by atoms with Crippen LogP contribution in [0, 0.1) is 5.92 Å². The van der Waals surface area contributed by atoms with E-state index in [1.807, 2.05) is 30.3 Å². The molecule has 1 aromatic heterocycles. The largest absolute Gasteiger partial charge is 0.457 e. The SMILES string of the molecule is C=C/C1=C\C=C(\F)OC(=O)CC[C@@H](NC(=O)c2cc3ccc(Oc4ccc(C(C)C)cc4)cc3c(CC3CCCC3)n2)C1. The molecule has 224 valence electrons. The first-order valence-corrected chi connectivity index (χ1v) is 15.2. The van der Waals surface area contributed by atoms with Crippen molar-refractivity contribution in [2.75, 3.05) is 0 Å². The van der Waals surface area contributed by atoms with Gasteiger partial charge in [-0.25, -0.2) is 4.98 Å². The Bertz CT molecular complexity index is 1550. The van der Waals surface area contributed by atoms with Gasteiger partial charge in [-0.2, -0.15) is 4.39 Å². The summed E-state index contributed by atoms with van der Waals surface area (Å²) in [6.45, 7) is 8.13. The number of hydrogen-bond donors (Lipinski definition) is 1. The van der Waals surface area contributed by atoms with Gasteiger partial charge in [0.25, 0.3) is 11.9 Å². The van der Waals surface area contributed by atoms with Crippen LogP contribution in [0.5, 0.6) is 11.5 Å². The lowest BCUT2D eigenvalue weighted by molar-refractivity contribution is -0.141. The number of carbonyl (C=O) groups is 2. The van der Waals surface area contributed by atoms with Crippen molar-refractivity contribution in [1.82, 2.24) is 10.3 Å². The van der Waals surface area contributed by atoms with E-state index in [0.29, 0.717) is 30.4 Å². The van der Waals surface area contributed by atoms with Gasteiger partial charge in [-0.3, -0.25) is 9.59 Å². The quantitative estimate of drug-likeness (QED) is 0.269. The molecule has 1 N–H and O–H groups in total. The van der Waals surface area contributed by atoms with Gasteiger partial charge < -0.3 is 14.8 Å². The van der Waals surface area contributed by atoms with Crippen molar-refractivity contribution in [3.8, 4) is 11.5 Å². The van der Waals surface area contributed by atoms with Gasteiger partial charge >= 0.3 is 5.97 Å². The molecule has 43 heavy (non-hydrogen) atoms. The number of hydrogen-bond acceptors (Lipinski definition) is 5. The first-order chi connectivity index (χ1) is 20.8. The van der Waals surface area contributed by atoms with Crippen molar-refractivity contribution in [3.63, 3.8) is 0 Å². The summed E-state index contributed by atoms with van der Waals surface area (Å²) in [5.74, 6) is 1.47. The number of allylic oxidation sites excluding steroid dienone is 3. The fourth-order valence-corrected chi connectivity index (χ4v) is 5.82. The molecule has 3 aromatic rings. The molecule has 2 heterocycles. The van der Waals surface area contributed by atoms with Crippen LogP contribution in [0.15, 0.2) is 84.9 Å². The number of fused-ring (bicyclic) bond motifs is 1. The highest BCUT2D eigenvalue weighted by molar-refractivity contribution is 5.97. The lowest BCUT2D eigenvalue weighted by Gasteiger charge is -2.20. The molecule has 2 aromatic carbocycles. The zero-order valence-corrected chi connectivity index (χ0v) is 24.9. The molecule has 0 unspecified atom stereocenters. The number of ether oxygens (including phenoxy) is 2. The molecule has 5 rings (SSSR count). The Hall–Kier alpha value is -4.26. The Balaban J connectivity index is 1.41. The maximum absolute atomic E-state index is 13.8. The minimum absolute atomic E-state index is 0.0301. The number of esters is 1. The Morgan fingerprint density at radius 1 is 1.09 bits per heavy atom. The number of nitrogens with zero attached hydrogens (tertiary/aromatic N) is 1. The first kappa shape index (κ1) is 30.2. The van der Waals surface area contributed by atoms with Gasteiger partial charge in [0.1, 0.15) is 17.2 Å². The third-order valence-electron chi connectivity index (χ3n) is 8.27. The van der Waals surface area contributed by atoms with Crippen LogP contribution in [-0.2, 0) is 16.0 Å². The van der Waals surface area contributed by atoms with Crippen LogP contribution in [0.4, 0.5) is 4.39 Å².